The first-order chi connectivity index (χ1) is 26.4. The average Bonchev–Trinajstić information content (AvgIpc) is 3.53. The van der Waals surface area contributed by atoms with Gasteiger partial charge < -0.3 is 40.2 Å². The largest absolute Gasteiger partial charge is 0.508 e. The van der Waals surface area contributed by atoms with Crippen molar-refractivity contribution in [1.82, 2.24) is 20.2 Å². The number of phenols is 1. The molecular weight excluding hydrogens is 716 g/mol. The number of carboxylic acids is 1. The van der Waals surface area contributed by atoms with Crippen LogP contribution in [0.4, 0.5) is 0 Å². The van der Waals surface area contributed by atoms with Gasteiger partial charge >= 0.3 is 11.7 Å². The zero-order valence-electron chi connectivity index (χ0n) is 29.3. The van der Waals surface area contributed by atoms with Crippen molar-refractivity contribution >= 4 is 34.8 Å². The van der Waals surface area contributed by atoms with Gasteiger partial charge in [0.15, 0.2) is 5.43 Å². The summed E-state index contributed by atoms with van der Waals surface area (Å²) in [4.78, 5) is 76.7. The van der Waals surface area contributed by atoms with Gasteiger partial charge in [0.25, 0.3) is 11.5 Å². The molecule has 3 aromatic rings. The number of carbonyl (C=O) groups excluding carboxylic acids is 2. The number of aromatic amines is 1. The van der Waals surface area contributed by atoms with E-state index in [1.807, 2.05) is 0 Å². The second kappa shape index (κ2) is 16.8. The smallest absolute Gasteiger partial charge is 0.336 e. The van der Waals surface area contributed by atoms with E-state index in [2.05, 4.69) is 15.6 Å². The summed E-state index contributed by atoms with van der Waals surface area (Å²) in [6.45, 7) is 0.262. The van der Waals surface area contributed by atoms with Crippen molar-refractivity contribution in [3.05, 3.63) is 115 Å². The molecule has 3 atom stereocenters. The maximum Gasteiger partial charge on any atom is 0.336 e. The lowest BCUT2D eigenvalue weighted by Gasteiger charge is -2.17. The summed E-state index contributed by atoms with van der Waals surface area (Å²) < 4.78 is 12.5. The monoisotopic (exact) mass is 754 g/mol. The molecule has 0 unspecified atom stereocenters. The number of nitrogens with zero attached hydrogens (tertiary/aromatic N) is 1. The first-order valence-corrected chi connectivity index (χ1v) is 17.5. The molecule has 1 aromatic heterocycles. The molecule has 0 spiro atoms. The molecule has 0 bridgehead atoms. The Morgan fingerprint density at radius 1 is 0.927 bits per heavy atom. The zero-order chi connectivity index (χ0) is 39.2. The molecule has 1 aliphatic carbocycles. The third-order valence-electron chi connectivity index (χ3n) is 9.25. The fourth-order valence-corrected chi connectivity index (χ4v) is 6.46. The second-order valence-electron chi connectivity index (χ2n) is 13.0. The number of carbonyl (C=O) groups is 3. The first-order valence-electron chi connectivity index (χ1n) is 17.5. The van der Waals surface area contributed by atoms with E-state index in [0.29, 0.717) is 42.4 Å². The van der Waals surface area contributed by atoms with Gasteiger partial charge in [0.2, 0.25) is 5.91 Å². The van der Waals surface area contributed by atoms with Crippen LogP contribution in [-0.2, 0) is 9.53 Å². The topological polar surface area (TPSA) is 250 Å². The molecule has 16 nitrogen and oxygen atoms in total. The van der Waals surface area contributed by atoms with Crippen molar-refractivity contribution in [2.45, 2.75) is 50.5 Å². The summed E-state index contributed by atoms with van der Waals surface area (Å²) >= 11 is 0. The van der Waals surface area contributed by atoms with Crippen LogP contribution in [0.15, 0.2) is 85.7 Å². The van der Waals surface area contributed by atoms with Gasteiger partial charge in [0.1, 0.15) is 29.4 Å². The minimum absolute atomic E-state index is 0.0226. The first kappa shape index (κ1) is 38.4. The Balaban J connectivity index is 1.01. The fraction of sp³-hybridized carbons (Fsp3) is 0.282. The standard InChI is InChI=1S/C39H38N4O12/c44-20-32-29(47)18-34(55-32)43-19-22(37(50)42-39(43)53)6-12-33(48)40-13-3-1-2-4-14-41-36(49)21-5-9-25(38(51)52)28(15-21)35-26-10-7-23(45)16-30(26)54-31-17-24(46)8-11-27(31)35/h5-12,15-17,19,29,32,34,44-45,47H,1-4,13-14,18,20H2,(H,40,48)(H,41,49)(H,51,52)(H,42,50,53)/b12-6+/t29-,32+,34+/m0/s1. The molecular formula is C39H38N4O12. The predicted molar refractivity (Wildman–Crippen MR) is 199 cm³/mol. The van der Waals surface area contributed by atoms with Crippen LogP contribution in [0.25, 0.3) is 39.5 Å². The van der Waals surface area contributed by atoms with E-state index in [4.69, 9.17) is 9.15 Å². The number of fused-ring (bicyclic) bond motifs is 2. The van der Waals surface area contributed by atoms with Crippen LogP contribution in [0.3, 0.4) is 0 Å². The highest BCUT2D eigenvalue weighted by Gasteiger charge is 2.35. The number of aromatic carboxylic acids is 1. The molecule has 2 amide bonds. The Bertz CT molecular complexity index is 2430. The van der Waals surface area contributed by atoms with Crippen molar-refractivity contribution < 1.29 is 44.0 Å². The molecule has 0 radical (unpaired) electrons. The number of unbranched alkanes of at least 4 members (excludes halogenated alkanes) is 3. The molecule has 6 rings (SSSR count). The minimum atomic E-state index is -1.22. The zero-order valence-corrected chi connectivity index (χ0v) is 29.3. The molecule has 2 aliphatic heterocycles. The van der Waals surface area contributed by atoms with E-state index in [1.54, 1.807) is 6.07 Å². The van der Waals surface area contributed by atoms with Crippen LogP contribution in [0, 0.1) is 0 Å². The van der Waals surface area contributed by atoms with Crippen molar-refractivity contribution in [2.24, 2.45) is 0 Å². The summed E-state index contributed by atoms with van der Waals surface area (Å²) in [5.74, 6) is -1.98. The van der Waals surface area contributed by atoms with Gasteiger partial charge in [-0.1, -0.05) is 12.8 Å². The summed E-state index contributed by atoms with van der Waals surface area (Å²) in [5, 5.41) is 45.5. The van der Waals surface area contributed by atoms with E-state index in [1.165, 1.54) is 60.8 Å². The number of aromatic hydroxyl groups is 1. The van der Waals surface area contributed by atoms with Gasteiger partial charge in [0, 0.05) is 66.0 Å². The number of amides is 2. The van der Waals surface area contributed by atoms with Gasteiger partial charge in [-0.25, -0.2) is 9.59 Å². The van der Waals surface area contributed by atoms with Gasteiger partial charge in [-0.3, -0.25) is 28.7 Å². The van der Waals surface area contributed by atoms with Crippen LogP contribution < -0.4 is 27.3 Å². The third kappa shape index (κ3) is 8.73. The number of carboxylic acid groups (broad SMARTS) is 1. The fourth-order valence-electron chi connectivity index (χ4n) is 6.46. The normalized spacial score (nSPS) is 16.9. The van der Waals surface area contributed by atoms with E-state index >= 15 is 0 Å². The van der Waals surface area contributed by atoms with Crippen LogP contribution in [-0.4, -0.2) is 79.7 Å². The number of benzene rings is 3. The van der Waals surface area contributed by atoms with Crippen molar-refractivity contribution in [3.8, 4) is 28.2 Å². The van der Waals surface area contributed by atoms with Crippen molar-refractivity contribution in [2.75, 3.05) is 19.7 Å². The van der Waals surface area contributed by atoms with Gasteiger partial charge in [-0.05, 0) is 66.9 Å². The molecule has 3 aliphatic rings. The number of H-pyrrole nitrogens is 1. The van der Waals surface area contributed by atoms with Crippen LogP contribution >= 0.6 is 0 Å². The SMILES string of the molecule is O=C(/C=C/c1cn([C@H]2C[C@H](O)[C@@H](CO)O2)c(=O)[nH]c1=O)NCCCCCCNC(=O)c1ccc(C(=O)O)c(-c2c3ccc(=O)cc-3oc3cc(O)ccc23)c1. The molecule has 1 saturated heterocycles. The number of aliphatic hydroxyl groups is 2. The Kier molecular flexibility index (Phi) is 11.7. The lowest BCUT2D eigenvalue weighted by Crippen LogP contribution is -2.33. The average molecular weight is 755 g/mol. The highest BCUT2D eigenvalue weighted by molar-refractivity contribution is 6.09. The van der Waals surface area contributed by atoms with Gasteiger partial charge in [-0.15, -0.1) is 0 Å². The highest BCUT2D eigenvalue weighted by atomic mass is 16.5. The number of hydrogen-bond acceptors (Lipinski definition) is 11. The number of nitrogens with one attached hydrogen (secondary N) is 3. The minimum Gasteiger partial charge on any atom is -0.508 e. The number of hydrogen-bond donors (Lipinski definition) is 7. The number of phenolic OH excluding ortho intramolecular Hbond substituents is 1. The van der Waals surface area contributed by atoms with E-state index in [9.17, 15) is 49.2 Å². The van der Waals surface area contributed by atoms with E-state index in [0.717, 1.165) is 23.5 Å². The Hall–Kier alpha value is -6.36. The third-order valence-corrected chi connectivity index (χ3v) is 9.25. The number of aliphatic hydroxyl groups excluding tert-OH is 2. The predicted octanol–water partition coefficient (Wildman–Crippen LogP) is 2.58. The number of ether oxygens (including phenoxy) is 1. The molecule has 2 aromatic carbocycles. The molecule has 7 N–H and O–H groups in total. The van der Waals surface area contributed by atoms with Gasteiger partial charge in [-0.2, -0.15) is 0 Å². The summed E-state index contributed by atoms with van der Waals surface area (Å²) in [6, 6.07) is 12.8. The van der Waals surface area contributed by atoms with Crippen LogP contribution in [0.5, 0.6) is 5.75 Å². The van der Waals surface area contributed by atoms with E-state index < -0.39 is 54.1 Å². The molecule has 3 heterocycles. The summed E-state index contributed by atoms with van der Waals surface area (Å²) in [7, 11) is 0. The Labute approximate surface area is 311 Å². The van der Waals surface area contributed by atoms with Crippen molar-refractivity contribution in [3.63, 3.8) is 0 Å². The quantitative estimate of drug-likeness (QED) is 0.0491. The lowest BCUT2D eigenvalue weighted by atomic mass is 9.89. The number of rotatable bonds is 14. The van der Waals surface area contributed by atoms with E-state index in [-0.39, 0.29) is 51.2 Å². The highest BCUT2D eigenvalue weighted by Crippen LogP contribution is 2.42. The molecule has 16 heteroatoms. The lowest BCUT2D eigenvalue weighted by molar-refractivity contribution is -0.116. The summed E-state index contributed by atoms with van der Waals surface area (Å²) in [5.41, 5.74) is -0.253. The Morgan fingerprint density at radius 3 is 2.42 bits per heavy atom. The van der Waals surface area contributed by atoms with Crippen LogP contribution in [0.1, 0.15) is 64.6 Å². The maximum absolute atomic E-state index is 13.2. The maximum atomic E-state index is 13.2. The van der Waals surface area contributed by atoms with Crippen LogP contribution in [0.2, 0.25) is 0 Å². The molecule has 286 valence electrons. The molecule has 0 saturated carbocycles. The Morgan fingerprint density at radius 2 is 1.69 bits per heavy atom. The molecule has 1 fully saturated rings. The second-order valence-corrected chi connectivity index (χ2v) is 13.0. The summed E-state index contributed by atoms with van der Waals surface area (Å²) in [6.07, 6.45) is 3.71. The van der Waals surface area contributed by atoms with Crippen molar-refractivity contribution in [1.29, 1.82) is 0 Å². The number of aromatic nitrogens is 2. The van der Waals surface area contributed by atoms with Gasteiger partial charge in [0.05, 0.1) is 23.8 Å². The molecule has 55 heavy (non-hydrogen) atoms.